The Kier molecular flexibility index (Phi) is 3.97. The molecule has 1 fully saturated rings. The van der Waals surface area contributed by atoms with E-state index in [0.29, 0.717) is 11.7 Å². The molecule has 5 rings (SSSR count). The minimum absolute atomic E-state index is 0.0187. The molecule has 3 aromatic rings. The number of hydrogen-bond acceptors (Lipinski definition) is 5. The number of likely N-dealkylation sites (tertiary alicyclic amines) is 1. The Labute approximate surface area is 157 Å². The van der Waals surface area contributed by atoms with Crippen molar-refractivity contribution in [3.8, 4) is 0 Å². The molecule has 1 amide bonds. The maximum absolute atomic E-state index is 12.9. The average Bonchev–Trinajstić information content (AvgIpc) is 3.31. The van der Waals surface area contributed by atoms with Crippen molar-refractivity contribution in [3.63, 3.8) is 0 Å². The number of furan rings is 1. The van der Waals surface area contributed by atoms with Crippen LogP contribution < -0.4 is 5.32 Å². The number of fused-ring (bicyclic) bond motifs is 2. The SMILES string of the molecule is Cc1ccc2oc(C(=O)N3CCC(c4nnc5n4CCNC5)CC3)cc2c1. The summed E-state index contributed by atoms with van der Waals surface area (Å²) in [6, 6.07) is 7.83. The van der Waals surface area contributed by atoms with Crippen LogP contribution in [-0.4, -0.2) is 45.2 Å². The molecule has 0 saturated carbocycles. The van der Waals surface area contributed by atoms with Crippen molar-refractivity contribution in [2.45, 2.75) is 38.8 Å². The third kappa shape index (κ3) is 2.92. The molecule has 1 aromatic carbocycles. The van der Waals surface area contributed by atoms with E-state index in [1.165, 1.54) is 0 Å². The lowest BCUT2D eigenvalue weighted by atomic mass is 9.95. The van der Waals surface area contributed by atoms with Crippen LogP contribution in [0.15, 0.2) is 28.7 Å². The molecule has 0 bridgehead atoms. The predicted molar refractivity (Wildman–Crippen MR) is 101 cm³/mol. The molecule has 0 radical (unpaired) electrons. The quantitative estimate of drug-likeness (QED) is 0.755. The molecule has 27 heavy (non-hydrogen) atoms. The molecule has 2 aromatic heterocycles. The minimum atomic E-state index is -0.0187. The van der Waals surface area contributed by atoms with Gasteiger partial charge in [-0.05, 0) is 38.0 Å². The van der Waals surface area contributed by atoms with Crippen LogP contribution in [0.2, 0.25) is 0 Å². The first kappa shape index (κ1) is 16.5. The molecule has 4 heterocycles. The van der Waals surface area contributed by atoms with Gasteiger partial charge < -0.3 is 19.2 Å². The molecular weight excluding hydrogens is 342 g/mol. The van der Waals surface area contributed by atoms with E-state index in [-0.39, 0.29) is 5.91 Å². The summed E-state index contributed by atoms with van der Waals surface area (Å²) >= 11 is 0. The highest BCUT2D eigenvalue weighted by atomic mass is 16.3. The Balaban J connectivity index is 1.29. The zero-order valence-corrected chi connectivity index (χ0v) is 15.4. The van der Waals surface area contributed by atoms with E-state index in [2.05, 4.69) is 20.1 Å². The first-order valence-corrected chi connectivity index (χ1v) is 9.61. The smallest absolute Gasteiger partial charge is 0.289 e. The number of rotatable bonds is 2. The molecule has 0 spiro atoms. The standard InChI is InChI=1S/C20H23N5O2/c1-13-2-3-16-15(10-13)11-17(27-16)20(26)24-7-4-14(5-8-24)19-23-22-18-12-21-6-9-25(18)19/h2-3,10-11,14,21H,4-9,12H2,1H3. The van der Waals surface area contributed by atoms with E-state index in [1.807, 2.05) is 36.1 Å². The molecule has 7 heteroatoms. The summed E-state index contributed by atoms with van der Waals surface area (Å²) in [5.74, 6) is 2.88. The second kappa shape index (κ2) is 6.49. The van der Waals surface area contributed by atoms with E-state index in [4.69, 9.17) is 4.42 Å². The fourth-order valence-corrected chi connectivity index (χ4v) is 4.18. The van der Waals surface area contributed by atoms with Gasteiger partial charge in [0.15, 0.2) is 5.76 Å². The monoisotopic (exact) mass is 365 g/mol. The largest absolute Gasteiger partial charge is 0.451 e. The average molecular weight is 365 g/mol. The van der Waals surface area contributed by atoms with Crippen molar-refractivity contribution in [2.24, 2.45) is 0 Å². The Morgan fingerprint density at radius 1 is 1.19 bits per heavy atom. The van der Waals surface area contributed by atoms with Gasteiger partial charge in [0, 0.05) is 37.5 Å². The number of aryl methyl sites for hydroxylation is 1. The number of amides is 1. The van der Waals surface area contributed by atoms with E-state index >= 15 is 0 Å². The molecule has 0 aliphatic carbocycles. The number of carbonyl (C=O) groups is 1. The van der Waals surface area contributed by atoms with Crippen LogP contribution in [-0.2, 0) is 13.1 Å². The molecule has 1 N–H and O–H groups in total. The number of carbonyl (C=O) groups excluding carboxylic acids is 1. The van der Waals surface area contributed by atoms with E-state index in [0.717, 1.165) is 73.7 Å². The number of aromatic nitrogens is 3. The summed E-state index contributed by atoms with van der Waals surface area (Å²) in [5.41, 5.74) is 1.93. The molecule has 1 saturated heterocycles. The van der Waals surface area contributed by atoms with Gasteiger partial charge in [0.2, 0.25) is 0 Å². The van der Waals surface area contributed by atoms with Crippen molar-refractivity contribution >= 4 is 16.9 Å². The van der Waals surface area contributed by atoms with Gasteiger partial charge in [0.25, 0.3) is 5.91 Å². The third-order valence-electron chi connectivity index (χ3n) is 5.68. The third-order valence-corrected chi connectivity index (χ3v) is 5.68. The van der Waals surface area contributed by atoms with E-state index in [1.54, 1.807) is 0 Å². The summed E-state index contributed by atoms with van der Waals surface area (Å²) in [4.78, 5) is 14.8. The number of hydrogen-bond donors (Lipinski definition) is 1. The van der Waals surface area contributed by atoms with Gasteiger partial charge in [-0.1, -0.05) is 11.6 Å². The second-order valence-electron chi connectivity index (χ2n) is 7.52. The van der Waals surface area contributed by atoms with Crippen molar-refractivity contribution in [3.05, 3.63) is 47.2 Å². The van der Waals surface area contributed by atoms with Crippen LogP contribution in [0.5, 0.6) is 0 Å². The van der Waals surface area contributed by atoms with Crippen molar-refractivity contribution in [1.29, 1.82) is 0 Å². The van der Waals surface area contributed by atoms with Crippen molar-refractivity contribution < 1.29 is 9.21 Å². The molecule has 2 aliphatic heterocycles. The summed E-state index contributed by atoms with van der Waals surface area (Å²) in [5, 5.41) is 13.1. The van der Waals surface area contributed by atoms with Gasteiger partial charge in [-0.2, -0.15) is 0 Å². The summed E-state index contributed by atoms with van der Waals surface area (Å²) in [6.07, 6.45) is 1.83. The maximum atomic E-state index is 12.9. The Morgan fingerprint density at radius 3 is 2.89 bits per heavy atom. The zero-order chi connectivity index (χ0) is 18.4. The molecule has 7 nitrogen and oxygen atoms in total. The first-order valence-electron chi connectivity index (χ1n) is 9.61. The summed E-state index contributed by atoms with van der Waals surface area (Å²) < 4.78 is 8.04. The second-order valence-corrected chi connectivity index (χ2v) is 7.52. The Bertz CT molecular complexity index is 997. The van der Waals surface area contributed by atoms with Crippen LogP contribution in [0, 0.1) is 6.92 Å². The van der Waals surface area contributed by atoms with Crippen molar-refractivity contribution in [2.75, 3.05) is 19.6 Å². The highest BCUT2D eigenvalue weighted by Gasteiger charge is 2.30. The predicted octanol–water partition coefficient (Wildman–Crippen LogP) is 2.46. The zero-order valence-electron chi connectivity index (χ0n) is 15.4. The fourth-order valence-electron chi connectivity index (χ4n) is 4.18. The number of nitrogens with zero attached hydrogens (tertiary/aromatic N) is 4. The van der Waals surface area contributed by atoms with Gasteiger partial charge in [-0.15, -0.1) is 10.2 Å². The van der Waals surface area contributed by atoms with Gasteiger partial charge in [-0.25, -0.2) is 0 Å². The molecule has 0 unspecified atom stereocenters. The highest BCUT2D eigenvalue weighted by molar-refractivity contribution is 5.96. The lowest BCUT2D eigenvalue weighted by Gasteiger charge is -2.31. The normalized spacial score (nSPS) is 18.0. The Hall–Kier alpha value is -2.67. The van der Waals surface area contributed by atoms with Crippen molar-refractivity contribution in [1.82, 2.24) is 25.0 Å². The molecule has 140 valence electrons. The van der Waals surface area contributed by atoms with Gasteiger partial charge in [0.1, 0.15) is 17.2 Å². The van der Waals surface area contributed by atoms with Crippen LogP contribution >= 0.6 is 0 Å². The van der Waals surface area contributed by atoms with Gasteiger partial charge >= 0.3 is 0 Å². The first-order chi connectivity index (χ1) is 13.2. The number of piperidine rings is 1. The van der Waals surface area contributed by atoms with Crippen LogP contribution in [0.25, 0.3) is 11.0 Å². The van der Waals surface area contributed by atoms with Crippen LogP contribution in [0.1, 0.15) is 46.5 Å². The topological polar surface area (TPSA) is 76.2 Å². The molecular formula is C20H23N5O2. The fraction of sp³-hybridized carbons (Fsp3) is 0.450. The summed E-state index contributed by atoms with van der Waals surface area (Å²) in [6.45, 7) is 6.16. The Morgan fingerprint density at radius 2 is 2.04 bits per heavy atom. The number of benzene rings is 1. The summed E-state index contributed by atoms with van der Waals surface area (Å²) in [7, 11) is 0. The molecule has 2 aliphatic rings. The van der Waals surface area contributed by atoms with E-state index in [9.17, 15) is 4.79 Å². The van der Waals surface area contributed by atoms with Gasteiger partial charge in [0.05, 0.1) is 6.54 Å². The lowest BCUT2D eigenvalue weighted by Crippen LogP contribution is -2.38. The minimum Gasteiger partial charge on any atom is -0.451 e. The van der Waals surface area contributed by atoms with Crippen LogP contribution in [0.3, 0.4) is 0 Å². The van der Waals surface area contributed by atoms with Gasteiger partial charge in [-0.3, -0.25) is 4.79 Å². The lowest BCUT2D eigenvalue weighted by molar-refractivity contribution is 0.0680. The highest BCUT2D eigenvalue weighted by Crippen LogP contribution is 2.29. The number of nitrogens with one attached hydrogen (secondary N) is 1. The molecule has 0 atom stereocenters. The van der Waals surface area contributed by atoms with E-state index < -0.39 is 0 Å². The maximum Gasteiger partial charge on any atom is 0.289 e. The van der Waals surface area contributed by atoms with Crippen LogP contribution in [0.4, 0.5) is 0 Å².